The van der Waals surface area contributed by atoms with Crippen LogP contribution in [-0.2, 0) is 4.79 Å². The highest BCUT2D eigenvalue weighted by molar-refractivity contribution is 5.94. The molecule has 0 saturated heterocycles. The fourth-order valence-electron chi connectivity index (χ4n) is 1.70. The highest BCUT2D eigenvalue weighted by atomic mass is 19.2. The van der Waals surface area contributed by atoms with Crippen molar-refractivity contribution < 1.29 is 23.5 Å². The fraction of sp³-hybridized carbons (Fsp3) is 0.429. The number of aliphatic carboxylic acids is 1. The lowest BCUT2D eigenvalue weighted by molar-refractivity contribution is -0.137. The summed E-state index contributed by atoms with van der Waals surface area (Å²) in [5.41, 5.74) is 0.0785. The van der Waals surface area contributed by atoms with E-state index in [0.29, 0.717) is 13.0 Å². The van der Waals surface area contributed by atoms with E-state index in [1.165, 1.54) is 6.07 Å². The van der Waals surface area contributed by atoms with Gasteiger partial charge in [-0.2, -0.15) is 0 Å². The van der Waals surface area contributed by atoms with E-state index in [-0.39, 0.29) is 12.0 Å². The molecular formula is C14H17F2NO3. The van der Waals surface area contributed by atoms with Gasteiger partial charge in [0.2, 0.25) is 0 Å². The molecule has 0 radical (unpaired) electrons. The Morgan fingerprint density at radius 2 is 1.75 bits per heavy atom. The van der Waals surface area contributed by atoms with Crippen LogP contribution in [0.2, 0.25) is 0 Å². The molecule has 0 aliphatic heterocycles. The molecule has 0 unspecified atom stereocenters. The van der Waals surface area contributed by atoms with E-state index < -0.39 is 23.5 Å². The van der Waals surface area contributed by atoms with Crippen molar-refractivity contribution in [2.75, 3.05) is 6.54 Å². The molecular weight excluding hydrogens is 268 g/mol. The zero-order valence-corrected chi connectivity index (χ0v) is 11.0. The van der Waals surface area contributed by atoms with Crippen LogP contribution < -0.4 is 5.32 Å². The molecule has 0 heterocycles. The van der Waals surface area contributed by atoms with Gasteiger partial charge < -0.3 is 10.4 Å². The van der Waals surface area contributed by atoms with Gasteiger partial charge in [0.15, 0.2) is 11.6 Å². The monoisotopic (exact) mass is 285 g/mol. The van der Waals surface area contributed by atoms with Crippen molar-refractivity contribution in [3.8, 4) is 0 Å². The first-order valence-corrected chi connectivity index (χ1v) is 6.45. The SMILES string of the molecule is O=C(O)CCCCCCNC(=O)c1ccc(F)c(F)c1. The summed E-state index contributed by atoms with van der Waals surface area (Å²) in [6.07, 6.45) is 3.08. The molecule has 1 amide bonds. The fourth-order valence-corrected chi connectivity index (χ4v) is 1.70. The van der Waals surface area contributed by atoms with Gasteiger partial charge in [-0.3, -0.25) is 9.59 Å². The van der Waals surface area contributed by atoms with Gasteiger partial charge in [0.05, 0.1) is 0 Å². The first-order valence-electron chi connectivity index (χ1n) is 6.45. The lowest BCUT2D eigenvalue weighted by Gasteiger charge is -2.05. The van der Waals surface area contributed by atoms with Crippen LogP contribution >= 0.6 is 0 Å². The molecule has 110 valence electrons. The molecule has 20 heavy (non-hydrogen) atoms. The van der Waals surface area contributed by atoms with Crippen molar-refractivity contribution >= 4 is 11.9 Å². The first-order chi connectivity index (χ1) is 9.50. The van der Waals surface area contributed by atoms with Gasteiger partial charge in [0.1, 0.15) is 0 Å². The molecule has 1 rings (SSSR count). The summed E-state index contributed by atoms with van der Waals surface area (Å²) in [6.45, 7) is 0.422. The molecule has 0 bridgehead atoms. The van der Waals surface area contributed by atoms with Crippen LogP contribution in [0, 0.1) is 11.6 Å². The largest absolute Gasteiger partial charge is 0.481 e. The Morgan fingerprint density at radius 3 is 2.40 bits per heavy atom. The van der Waals surface area contributed by atoms with Crippen LogP contribution in [0.15, 0.2) is 18.2 Å². The Bertz CT molecular complexity index is 477. The van der Waals surface area contributed by atoms with Gasteiger partial charge in [-0.25, -0.2) is 8.78 Å². The van der Waals surface area contributed by atoms with E-state index in [4.69, 9.17) is 5.11 Å². The zero-order chi connectivity index (χ0) is 15.0. The average Bonchev–Trinajstić information content (AvgIpc) is 2.40. The topological polar surface area (TPSA) is 66.4 Å². The minimum atomic E-state index is -1.05. The lowest BCUT2D eigenvalue weighted by Crippen LogP contribution is -2.24. The highest BCUT2D eigenvalue weighted by Gasteiger charge is 2.08. The summed E-state index contributed by atoms with van der Waals surface area (Å²) >= 11 is 0. The molecule has 0 spiro atoms. The summed E-state index contributed by atoms with van der Waals surface area (Å²) in [7, 11) is 0. The Morgan fingerprint density at radius 1 is 1.05 bits per heavy atom. The Labute approximate surface area is 115 Å². The third-order valence-corrected chi connectivity index (χ3v) is 2.78. The molecule has 6 heteroatoms. The minimum Gasteiger partial charge on any atom is -0.481 e. The highest BCUT2D eigenvalue weighted by Crippen LogP contribution is 2.08. The Balaban J connectivity index is 2.20. The van der Waals surface area contributed by atoms with E-state index >= 15 is 0 Å². The molecule has 0 aliphatic carbocycles. The second-order valence-corrected chi connectivity index (χ2v) is 4.44. The predicted octanol–water partition coefficient (Wildman–Crippen LogP) is 2.73. The van der Waals surface area contributed by atoms with E-state index in [0.717, 1.165) is 31.4 Å². The number of amides is 1. The van der Waals surface area contributed by atoms with E-state index in [1.807, 2.05) is 0 Å². The third-order valence-electron chi connectivity index (χ3n) is 2.78. The molecule has 0 atom stereocenters. The van der Waals surface area contributed by atoms with Crippen LogP contribution in [0.25, 0.3) is 0 Å². The van der Waals surface area contributed by atoms with Crippen molar-refractivity contribution in [3.05, 3.63) is 35.4 Å². The van der Waals surface area contributed by atoms with Gasteiger partial charge in [0.25, 0.3) is 5.91 Å². The maximum atomic E-state index is 12.9. The van der Waals surface area contributed by atoms with Crippen LogP contribution in [0.5, 0.6) is 0 Å². The summed E-state index contributed by atoms with van der Waals surface area (Å²) in [5.74, 6) is -3.29. The van der Waals surface area contributed by atoms with Crippen LogP contribution in [0.4, 0.5) is 8.78 Å². The van der Waals surface area contributed by atoms with Gasteiger partial charge >= 0.3 is 5.97 Å². The smallest absolute Gasteiger partial charge is 0.303 e. The van der Waals surface area contributed by atoms with Crippen molar-refractivity contribution in [3.63, 3.8) is 0 Å². The van der Waals surface area contributed by atoms with Crippen LogP contribution in [0.1, 0.15) is 42.5 Å². The van der Waals surface area contributed by atoms with Gasteiger partial charge in [0, 0.05) is 18.5 Å². The van der Waals surface area contributed by atoms with Crippen LogP contribution in [0.3, 0.4) is 0 Å². The van der Waals surface area contributed by atoms with Gasteiger partial charge in [-0.15, -0.1) is 0 Å². The predicted molar refractivity (Wildman–Crippen MR) is 69.4 cm³/mol. The van der Waals surface area contributed by atoms with Gasteiger partial charge in [-0.05, 0) is 31.0 Å². The van der Waals surface area contributed by atoms with Gasteiger partial charge in [-0.1, -0.05) is 12.8 Å². The Hall–Kier alpha value is -1.98. The molecule has 0 saturated carbocycles. The number of halogens is 2. The maximum Gasteiger partial charge on any atom is 0.303 e. The number of benzene rings is 1. The summed E-state index contributed by atoms with van der Waals surface area (Å²) < 4.78 is 25.6. The molecule has 0 aromatic heterocycles. The summed E-state index contributed by atoms with van der Waals surface area (Å²) in [5, 5.41) is 11.0. The molecule has 0 fully saturated rings. The quantitative estimate of drug-likeness (QED) is 0.722. The number of unbranched alkanes of at least 4 members (excludes halogenated alkanes) is 3. The van der Waals surface area contributed by atoms with Crippen molar-refractivity contribution in [1.29, 1.82) is 0 Å². The standard InChI is InChI=1S/C14H17F2NO3/c15-11-7-6-10(9-12(11)16)14(20)17-8-4-2-1-3-5-13(18)19/h6-7,9H,1-5,8H2,(H,17,20)(H,18,19). The van der Waals surface area contributed by atoms with E-state index in [2.05, 4.69) is 5.32 Å². The third kappa shape index (κ3) is 5.77. The number of carboxylic acid groups (broad SMARTS) is 1. The number of rotatable bonds is 8. The summed E-state index contributed by atoms with van der Waals surface area (Å²) in [6, 6.07) is 2.99. The van der Waals surface area contributed by atoms with Crippen LogP contribution in [-0.4, -0.2) is 23.5 Å². The Kier molecular flexibility index (Phi) is 6.63. The lowest BCUT2D eigenvalue weighted by atomic mass is 10.1. The van der Waals surface area contributed by atoms with E-state index in [1.54, 1.807) is 0 Å². The number of hydrogen-bond donors (Lipinski definition) is 2. The van der Waals surface area contributed by atoms with Crippen molar-refractivity contribution in [1.82, 2.24) is 5.32 Å². The zero-order valence-electron chi connectivity index (χ0n) is 11.0. The van der Waals surface area contributed by atoms with Crippen molar-refractivity contribution in [2.45, 2.75) is 32.1 Å². The number of nitrogens with one attached hydrogen (secondary N) is 1. The minimum absolute atomic E-state index is 0.0785. The number of carbonyl (C=O) groups is 2. The number of hydrogen-bond acceptors (Lipinski definition) is 2. The summed E-state index contributed by atoms with van der Waals surface area (Å²) in [4.78, 5) is 21.9. The molecule has 0 aliphatic rings. The molecule has 2 N–H and O–H groups in total. The maximum absolute atomic E-state index is 12.9. The normalized spacial score (nSPS) is 10.3. The number of carboxylic acids is 1. The first kappa shape index (κ1) is 16.1. The molecule has 1 aromatic carbocycles. The second kappa shape index (κ2) is 8.24. The van der Waals surface area contributed by atoms with Crippen molar-refractivity contribution in [2.24, 2.45) is 0 Å². The second-order valence-electron chi connectivity index (χ2n) is 4.44. The molecule has 1 aromatic rings. The number of carbonyl (C=O) groups excluding carboxylic acids is 1. The average molecular weight is 285 g/mol. The molecule has 4 nitrogen and oxygen atoms in total. The van der Waals surface area contributed by atoms with E-state index in [9.17, 15) is 18.4 Å².